The van der Waals surface area contributed by atoms with Crippen LogP contribution in [0.2, 0.25) is 0 Å². The first-order chi connectivity index (χ1) is 16.1. The monoisotopic (exact) mass is 448 g/mol. The van der Waals surface area contributed by atoms with Crippen molar-refractivity contribution in [3.8, 4) is 28.4 Å². The van der Waals surface area contributed by atoms with Crippen molar-refractivity contribution >= 4 is 11.6 Å². The molecule has 7 nitrogen and oxygen atoms in total. The number of phenolic OH excluding ortho intramolecular Hbond substituents is 1. The molecule has 0 spiro atoms. The zero-order valence-electron chi connectivity index (χ0n) is 18.8. The molecule has 1 fully saturated rings. The van der Waals surface area contributed by atoms with E-state index in [1.54, 1.807) is 19.2 Å². The summed E-state index contributed by atoms with van der Waals surface area (Å²) in [6.07, 6.45) is 0. The Labute approximate surface area is 193 Å². The summed E-state index contributed by atoms with van der Waals surface area (Å²) < 4.78 is 15.8. The normalized spacial score (nSPS) is 13.5. The van der Waals surface area contributed by atoms with Crippen LogP contribution in [0, 0.1) is 0 Å². The fraction of sp³-hybridized carbons (Fsp3) is 0.269. The molecule has 4 rings (SSSR count). The molecule has 0 saturated carbocycles. The van der Waals surface area contributed by atoms with Crippen LogP contribution < -0.4 is 19.7 Å². The number of carbonyl (C=O) groups excluding carboxylic acids is 1. The summed E-state index contributed by atoms with van der Waals surface area (Å²) in [5.41, 5.74) is 4.20. The summed E-state index contributed by atoms with van der Waals surface area (Å²) in [5.74, 6) is 1.04. The lowest BCUT2D eigenvalue weighted by atomic mass is 10.00. The Hall–Kier alpha value is -3.71. The van der Waals surface area contributed by atoms with Gasteiger partial charge in [0.15, 0.2) is 11.5 Å². The quantitative estimate of drug-likeness (QED) is 0.572. The van der Waals surface area contributed by atoms with Crippen LogP contribution in [0.4, 0.5) is 5.69 Å². The van der Waals surface area contributed by atoms with Crippen LogP contribution in [-0.2, 0) is 11.3 Å². The van der Waals surface area contributed by atoms with Gasteiger partial charge in [-0.05, 0) is 53.1 Å². The number of amides is 1. The molecule has 1 heterocycles. The van der Waals surface area contributed by atoms with Gasteiger partial charge in [0.25, 0.3) is 5.91 Å². The third-order valence-corrected chi connectivity index (χ3v) is 5.71. The summed E-state index contributed by atoms with van der Waals surface area (Å²) in [7, 11) is 3.14. The molecule has 1 saturated heterocycles. The topological polar surface area (TPSA) is 80.3 Å². The van der Waals surface area contributed by atoms with Gasteiger partial charge in [0.2, 0.25) is 0 Å². The van der Waals surface area contributed by atoms with E-state index in [-0.39, 0.29) is 18.2 Å². The summed E-state index contributed by atoms with van der Waals surface area (Å²) in [4.78, 5) is 15.5. The summed E-state index contributed by atoms with van der Waals surface area (Å²) in [6, 6.07) is 18.8. The number of hydrogen-bond donors (Lipinski definition) is 2. The number of aromatic hydroxyl groups is 1. The predicted molar refractivity (Wildman–Crippen MR) is 127 cm³/mol. The standard InChI is InChI=1S/C26H28N2O5/c1-31-21-7-4-19(5-8-21)20-6-9-23(28-11-13-33-14-12-28)22(16-20)26(30)27-17-18-3-10-25(32-2)24(29)15-18/h3-10,15-16,29H,11-14,17H2,1-2H3,(H,27,30). The number of rotatable bonds is 7. The molecule has 3 aromatic rings. The average Bonchev–Trinajstić information content (AvgIpc) is 2.87. The number of nitrogens with zero attached hydrogens (tertiary/aromatic N) is 1. The minimum atomic E-state index is -0.179. The maximum atomic E-state index is 13.3. The molecular formula is C26H28N2O5. The molecular weight excluding hydrogens is 420 g/mol. The van der Waals surface area contributed by atoms with Crippen molar-refractivity contribution in [3.63, 3.8) is 0 Å². The first kappa shape index (κ1) is 22.5. The van der Waals surface area contributed by atoms with Crippen molar-refractivity contribution in [1.29, 1.82) is 0 Å². The number of anilines is 1. The third kappa shape index (κ3) is 5.21. The number of benzene rings is 3. The molecule has 1 aliphatic rings. The Kier molecular flexibility index (Phi) is 7.00. The van der Waals surface area contributed by atoms with Crippen LogP contribution >= 0.6 is 0 Å². The number of carbonyl (C=O) groups is 1. The molecule has 3 aromatic carbocycles. The van der Waals surface area contributed by atoms with Crippen LogP contribution in [0.5, 0.6) is 17.2 Å². The minimum absolute atomic E-state index is 0.0414. The summed E-state index contributed by atoms with van der Waals surface area (Å²) in [6.45, 7) is 3.01. The van der Waals surface area contributed by atoms with Gasteiger partial charge in [-0.15, -0.1) is 0 Å². The highest BCUT2D eigenvalue weighted by Gasteiger charge is 2.20. The van der Waals surface area contributed by atoms with Gasteiger partial charge in [-0.25, -0.2) is 0 Å². The lowest BCUT2D eigenvalue weighted by Crippen LogP contribution is -2.38. The van der Waals surface area contributed by atoms with E-state index < -0.39 is 0 Å². The summed E-state index contributed by atoms with van der Waals surface area (Å²) >= 11 is 0. The fourth-order valence-corrected chi connectivity index (χ4v) is 3.88. The van der Waals surface area contributed by atoms with E-state index in [0.29, 0.717) is 24.5 Å². The Balaban J connectivity index is 1.60. The molecule has 0 unspecified atom stereocenters. The van der Waals surface area contributed by atoms with Gasteiger partial charge in [0.1, 0.15) is 5.75 Å². The highest BCUT2D eigenvalue weighted by molar-refractivity contribution is 6.01. The lowest BCUT2D eigenvalue weighted by molar-refractivity contribution is 0.0949. The Morgan fingerprint density at radius 1 is 0.970 bits per heavy atom. The molecule has 33 heavy (non-hydrogen) atoms. The van der Waals surface area contributed by atoms with Crippen LogP contribution in [0.1, 0.15) is 15.9 Å². The van der Waals surface area contributed by atoms with Crippen LogP contribution in [0.3, 0.4) is 0 Å². The highest BCUT2D eigenvalue weighted by Crippen LogP contribution is 2.30. The van der Waals surface area contributed by atoms with E-state index in [0.717, 1.165) is 41.2 Å². The SMILES string of the molecule is COc1ccc(-c2ccc(N3CCOCC3)c(C(=O)NCc3ccc(OC)c(O)c3)c2)cc1. The molecule has 1 aliphatic heterocycles. The summed E-state index contributed by atoms with van der Waals surface area (Å²) in [5, 5.41) is 13.0. The van der Waals surface area contributed by atoms with E-state index in [4.69, 9.17) is 14.2 Å². The molecule has 1 amide bonds. The van der Waals surface area contributed by atoms with Gasteiger partial charge < -0.3 is 29.5 Å². The van der Waals surface area contributed by atoms with E-state index in [2.05, 4.69) is 10.2 Å². The van der Waals surface area contributed by atoms with Gasteiger partial charge in [0, 0.05) is 25.3 Å². The predicted octanol–water partition coefficient (Wildman–Crippen LogP) is 3.84. The zero-order valence-corrected chi connectivity index (χ0v) is 18.8. The van der Waals surface area contributed by atoms with E-state index in [1.165, 1.54) is 7.11 Å². The van der Waals surface area contributed by atoms with Crippen molar-refractivity contribution < 1.29 is 24.1 Å². The van der Waals surface area contributed by atoms with Gasteiger partial charge >= 0.3 is 0 Å². The maximum absolute atomic E-state index is 13.3. The van der Waals surface area contributed by atoms with Gasteiger partial charge in [-0.3, -0.25) is 4.79 Å². The molecule has 2 N–H and O–H groups in total. The van der Waals surface area contributed by atoms with Crippen molar-refractivity contribution in [3.05, 3.63) is 71.8 Å². The smallest absolute Gasteiger partial charge is 0.253 e. The number of nitrogens with one attached hydrogen (secondary N) is 1. The van der Waals surface area contributed by atoms with Crippen molar-refractivity contribution in [2.45, 2.75) is 6.54 Å². The zero-order chi connectivity index (χ0) is 23.2. The van der Waals surface area contributed by atoms with Gasteiger partial charge in [0.05, 0.1) is 33.0 Å². The van der Waals surface area contributed by atoms with Crippen LogP contribution in [0.25, 0.3) is 11.1 Å². The van der Waals surface area contributed by atoms with E-state index in [1.807, 2.05) is 48.5 Å². The number of ether oxygens (including phenoxy) is 3. The molecule has 7 heteroatoms. The molecule has 0 aromatic heterocycles. The molecule has 0 aliphatic carbocycles. The highest BCUT2D eigenvalue weighted by atomic mass is 16.5. The van der Waals surface area contributed by atoms with Crippen LogP contribution in [0.15, 0.2) is 60.7 Å². The first-order valence-corrected chi connectivity index (χ1v) is 10.8. The number of morpholine rings is 1. The number of hydrogen-bond acceptors (Lipinski definition) is 6. The molecule has 0 atom stereocenters. The first-order valence-electron chi connectivity index (χ1n) is 10.8. The Morgan fingerprint density at radius 2 is 1.70 bits per heavy atom. The van der Waals surface area contributed by atoms with Crippen molar-refractivity contribution in [2.75, 3.05) is 45.4 Å². The van der Waals surface area contributed by atoms with Gasteiger partial charge in [-0.1, -0.05) is 24.3 Å². The lowest BCUT2D eigenvalue weighted by Gasteiger charge is -2.30. The molecule has 172 valence electrons. The molecule has 0 radical (unpaired) electrons. The third-order valence-electron chi connectivity index (χ3n) is 5.71. The average molecular weight is 449 g/mol. The van der Waals surface area contributed by atoms with Crippen molar-refractivity contribution in [1.82, 2.24) is 5.32 Å². The van der Waals surface area contributed by atoms with E-state index in [9.17, 15) is 9.90 Å². The number of methoxy groups -OCH3 is 2. The second-order valence-corrected chi connectivity index (χ2v) is 7.75. The Morgan fingerprint density at radius 3 is 2.36 bits per heavy atom. The number of phenols is 1. The van der Waals surface area contributed by atoms with Crippen molar-refractivity contribution in [2.24, 2.45) is 0 Å². The largest absolute Gasteiger partial charge is 0.504 e. The molecule has 0 bridgehead atoms. The fourth-order valence-electron chi connectivity index (χ4n) is 3.88. The second kappa shape index (κ2) is 10.3. The minimum Gasteiger partial charge on any atom is -0.504 e. The van der Waals surface area contributed by atoms with E-state index >= 15 is 0 Å². The van der Waals surface area contributed by atoms with Crippen LogP contribution in [-0.4, -0.2) is 51.5 Å². The Bertz CT molecular complexity index is 1110. The van der Waals surface area contributed by atoms with Gasteiger partial charge in [-0.2, -0.15) is 0 Å². The second-order valence-electron chi connectivity index (χ2n) is 7.75. The maximum Gasteiger partial charge on any atom is 0.253 e.